The monoisotopic (exact) mass is 324 g/mol. The summed E-state index contributed by atoms with van der Waals surface area (Å²) in [7, 11) is 0. The number of carbonyl (C=O) groups is 1. The topological polar surface area (TPSA) is 72.2 Å². The van der Waals surface area contributed by atoms with E-state index in [9.17, 15) is 14.9 Å². The van der Waals surface area contributed by atoms with Crippen molar-refractivity contribution in [2.75, 3.05) is 5.32 Å². The summed E-state index contributed by atoms with van der Waals surface area (Å²) >= 11 is 11.8. The molecule has 1 N–H and O–H groups in total. The van der Waals surface area contributed by atoms with E-state index in [1.165, 1.54) is 18.2 Å². The first-order valence-corrected chi connectivity index (χ1v) is 6.74. The van der Waals surface area contributed by atoms with Gasteiger partial charge in [0.2, 0.25) is 5.91 Å². The lowest BCUT2D eigenvalue weighted by atomic mass is 10.1. The number of nitrogens with one attached hydrogen (secondary N) is 1. The van der Waals surface area contributed by atoms with Crippen molar-refractivity contribution in [3.05, 3.63) is 69.2 Å². The molecular weight excluding hydrogens is 315 g/mol. The van der Waals surface area contributed by atoms with Gasteiger partial charge in [0.15, 0.2) is 0 Å². The third-order valence-electron chi connectivity index (χ3n) is 2.73. The van der Waals surface area contributed by atoms with Gasteiger partial charge in [0.1, 0.15) is 10.4 Å². The lowest BCUT2D eigenvalue weighted by Gasteiger charge is -2.11. The first-order valence-electron chi connectivity index (χ1n) is 5.93. The summed E-state index contributed by atoms with van der Waals surface area (Å²) in [6.07, 6.45) is 0. The second-order valence-corrected chi connectivity index (χ2v) is 5.03. The lowest BCUT2D eigenvalue weighted by Crippen LogP contribution is -2.17. The highest BCUT2D eigenvalue weighted by Gasteiger charge is 2.19. The van der Waals surface area contributed by atoms with E-state index >= 15 is 0 Å². The molecule has 1 atom stereocenters. The summed E-state index contributed by atoms with van der Waals surface area (Å²) in [5, 5.41) is 12.4. The lowest BCUT2D eigenvalue weighted by molar-refractivity contribution is -0.384. The third-order valence-corrected chi connectivity index (χ3v) is 3.50. The molecule has 7 heteroatoms. The van der Waals surface area contributed by atoms with E-state index in [1.807, 2.05) is 6.07 Å². The number of hydrogen-bond donors (Lipinski definition) is 1. The van der Waals surface area contributed by atoms with Gasteiger partial charge in [0.25, 0.3) is 5.69 Å². The Morgan fingerprint density at radius 2 is 1.86 bits per heavy atom. The van der Waals surface area contributed by atoms with Gasteiger partial charge in [-0.1, -0.05) is 41.9 Å². The minimum Gasteiger partial charge on any atom is -0.324 e. The van der Waals surface area contributed by atoms with Crippen LogP contribution in [0.15, 0.2) is 48.5 Å². The minimum absolute atomic E-state index is 0.00322. The molecule has 2 aromatic carbocycles. The van der Waals surface area contributed by atoms with Crippen molar-refractivity contribution in [2.24, 2.45) is 0 Å². The number of nitrogens with zero attached hydrogens (tertiary/aromatic N) is 1. The maximum Gasteiger partial charge on any atom is 0.289 e. The van der Waals surface area contributed by atoms with Crippen molar-refractivity contribution in [3.8, 4) is 0 Å². The highest BCUT2D eigenvalue weighted by molar-refractivity contribution is 6.33. The molecule has 5 nitrogen and oxygen atoms in total. The zero-order valence-corrected chi connectivity index (χ0v) is 12.1. The quantitative estimate of drug-likeness (QED) is 0.521. The molecule has 0 saturated heterocycles. The number of amides is 1. The molecule has 2 rings (SSSR count). The molecule has 1 amide bonds. The van der Waals surface area contributed by atoms with Gasteiger partial charge >= 0.3 is 0 Å². The Bertz CT molecular complexity index is 677. The van der Waals surface area contributed by atoms with Crippen LogP contribution >= 0.6 is 23.2 Å². The number of rotatable bonds is 4. The molecule has 0 heterocycles. The van der Waals surface area contributed by atoms with E-state index in [0.29, 0.717) is 5.56 Å². The van der Waals surface area contributed by atoms with Crippen LogP contribution in [0.3, 0.4) is 0 Å². The second-order valence-electron chi connectivity index (χ2n) is 4.19. The van der Waals surface area contributed by atoms with Crippen molar-refractivity contribution >= 4 is 40.5 Å². The van der Waals surface area contributed by atoms with E-state index in [-0.39, 0.29) is 16.4 Å². The van der Waals surface area contributed by atoms with E-state index in [4.69, 9.17) is 23.2 Å². The number of alkyl halides is 1. The average Bonchev–Trinajstić information content (AvgIpc) is 2.49. The maximum atomic E-state index is 12.0. The van der Waals surface area contributed by atoms with Crippen molar-refractivity contribution in [3.63, 3.8) is 0 Å². The zero-order valence-electron chi connectivity index (χ0n) is 10.6. The minimum atomic E-state index is -0.888. The Hall–Kier alpha value is -2.11. The Kier molecular flexibility index (Phi) is 4.77. The fraction of sp³-hybridized carbons (Fsp3) is 0.0714. The smallest absolute Gasteiger partial charge is 0.289 e. The number of nitro benzene ring substituents is 1. The maximum absolute atomic E-state index is 12.0. The van der Waals surface area contributed by atoms with Crippen molar-refractivity contribution in [1.29, 1.82) is 0 Å². The van der Waals surface area contributed by atoms with E-state index in [2.05, 4.69) is 5.32 Å². The predicted molar refractivity (Wildman–Crippen MR) is 81.8 cm³/mol. The highest BCUT2D eigenvalue weighted by atomic mass is 35.5. The van der Waals surface area contributed by atoms with Gasteiger partial charge in [-0.2, -0.15) is 0 Å². The van der Waals surface area contributed by atoms with Crippen LogP contribution in [-0.2, 0) is 4.79 Å². The molecular formula is C14H10Cl2N2O3. The zero-order chi connectivity index (χ0) is 15.4. The molecule has 0 aromatic heterocycles. The van der Waals surface area contributed by atoms with E-state index in [0.717, 1.165) is 0 Å². The summed E-state index contributed by atoms with van der Waals surface area (Å²) < 4.78 is 0. The molecule has 0 saturated carbocycles. The van der Waals surface area contributed by atoms with E-state index in [1.54, 1.807) is 24.3 Å². The third kappa shape index (κ3) is 3.71. The van der Waals surface area contributed by atoms with Gasteiger partial charge in [-0.3, -0.25) is 14.9 Å². The number of anilines is 1. The number of benzene rings is 2. The number of nitro groups is 1. The Morgan fingerprint density at radius 3 is 2.48 bits per heavy atom. The average molecular weight is 325 g/mol. The number of halogens is 2. The number of carbonyl (C=O) groups excluding carboxylic acids is 1. The summed E-state index contributed by atoms with van der Waals surface area (Å²) in [6.45, 7) is 0. The van der Waals surface area contributed by atoms with Crippen LogP contribution in [0.4, 0.5) is 11.4 Å². The molecule has 0 aliphatic heterocycles. The first kappa shape index (κ1) is 15.3. The van der Waals surface area contributed by atoms with Crippen LogP contribution in [0.25, 0.3) is 0 Å². The Balaban J connectivity index is 2.16. The van der Waals surface area contributed by atoms with Gasteiger partial charge in [0.05, 0.1) is 4.92 Å². The van der Waals surface area contributed by atoms with Gasteiger partial charge in [0, 0.05) is 11.8 Å². The van der Waals surface area contributed by atoms with E-state index < -0.39 is 16.2 Å². The van der Waals surface area contributed by atoms with Crippen molar-refractivity contribution in [2.45, 2.75) is 5.38 Å². The molecule has 0 radical (unpaired) electrons. The normalized spacial score (nSPS) is 11.7. The largest absolute Gasteiger partial charge is 0.324 e. The fourth-order valence-electron chi connectivity index (χ4n) is 1.71. The van der Waals surface area contributed by atoms with Gasteiger partial charge in [-0.05, 0) is 17.7 Å². The molecule has 0 aliphatic carbocycles. The van der Waals surface area contributed by atoms with Gasteiger partial charge in [-0.15, -0.1) is 11.6 Å². The molecule has 0 spiro atoms. The van der Waals surface area contributed by atoms with Crippen LogP contribution < -0.4 is 5.32 Å². The SMILES string of the molecule is O=C(Nc1ccc(Cl)c([N+](=O)[O-])c1)C(Cl)c1ccccc1. The highest BCUT2D eigenvalue weighted by Crippen LogP contribution is 2.28. The second kappa shape index (κ2) is 6.56. The Morgan fingerprint density at radius 1 is 1.19 bits per heavy atom. The summed E-state index contributed by atoms with van der Waals surface area (Å²) in [5.41, 5.74) is 0.623. The summed E-state index contributed by atoms with van der Waals surface area (Å²) in [5.74, 6) is -0.473. The summed E-state index contributed by atoms with van der Waals surface area (Å²) in [4.78, 5) is 22.2. The van der Waals surface area contributed by atoms with Crippen LogP contribution in [0.2, 0.25) is 5.02 Å². The fourth-order valence-corrected chi connectivity index (χ4v) is 2.10. The van der Waals surface area contributed by atoms with Crippen LogP contribution in [-0.4, -0.2) is 10.8 Å². The first-order chi connectivity index (χ1) is 9.99. The van der Waals surface area contributed by atoms with Crippen molar-refractivity contribution in [1.82, 2.24) is 0 Å². The molecule has 0 bridgehead atoms. The van der Waals surface area contributed by atoms with Gasteiger partial charge in [-0.25, -0.2) is 0 Å². The summed E-state index contributed by atoms with van der Waals surface area (Å²) in [6, 6.07) is 12.8. The van der Waals surface area contributed by atoms with Crippen LogP contribution in [0.5, 0.6) is 0 Å². The van der Waals surface area contributed by atoms with Crippen molar-refractivity contribution < 1.29 is 9.72 Å². The molecule has 21 heavy (non-hydrogen) atoms. The molecule has 108 valence electrons. The Labute approximate surface area is 130 Å². The molecule has 0 fully saturated rings. The van der Waals surface area contributed by atoms with Gasteiger partial charge < -0.3 is 5.32 Å². The molecule has 0 aliphatic rings. The molecule has 2 aromatic rings. The predicted octanol–water partition coefficient (Wildman–Crippen LogP) is 4.17. The van der Waals surface area contributed by atoms with Crippen LogP contribution in [0.1, 0.15) is 10.9 Å². The molecule has 1 unspecified atom stereocenters. The number of hydrogen-bond acceptors (Lipinski definition) is 3. The standard InChI is InChI=1S/C14H10Cl2N2O3/c15-11-7-6-10(8-12(11)18(20)21)17-14(19)13(16)9-4-2-1-3-5-9/h1-8,13H,(H,17,19). The van der Waals surface area contributed by atoms with Crippen LogP contribution in [0, 0.1) is 10.1 Å².